The van der Waals surface area contributed by atoms with Crippen LogP contribution in [-0.4, -0.2) is 58.0 Å². The Morgan fingerprint density at radius 1 is 1.09 bits per heavy atom. The monoisotopic (exact) mass is 450 g/mol. The fraction of sp³-hybridized carbons (Fsp3) is 0.280. The molecule has 0 spiro atoms. The van der Waals surface area contributed by atoms with Crippen LogP contribution in [0.2, 0.25) is 0 Å². The molecule has 172 valence electrons. The molecule has 0 aromatic heterocycles. The van der Waals surface area contributed by atoms with Gasteiger partial charge in [-0.3, -0.25) is 4.79 Å². The van der Waals surface area contributed by atoms with E-state index in [1.165, 1.54) is 4.90 Å². The lowest BCUT2D eigenvalue weighted by Crippen LogP contribution is -2.52. The Morgan fingerprint density at radius 3 is 2.55 bits per heavy atom. The maximum absolute atomic E-state index is 13.1. The molecule has 1 heterocycles. The second-order valence-corrected chi connectivity index (χ2v) is 8.12. The standard InChI is InChI=1S/C25H26N2O6/c28-15-20(29)14-27-13-12-25(23(27)30,26-24(31)32)19-8-10-21(11-9-19)33-16-18-6-3-5-17-4-1-2-7-22(17)18/h1-11,20,26,28-29H,12-16H2,(H,31,32). The molecule has 4 N–H and O–H groups in total. The zero-order chi connectivity index (χ0) is 23.4. The van der Waals surface area contributed by atoms with Crippen LogP contribution in [0.3, 0.4) is 0 Å². The van der Waals surface area contributed by atoms with Crippen molar-refractivity contribution in [2.24, 2.45) is 0 Å². The molecule has 1 fully saturated rings. The number of fused-ring (bicyclic) bond motifs is 1. The SMILES string of the molecule is O=C(O)NC1(c2ccc(OCc3cccc4ccccc34)cc2)CCN(CC(O)CO)C1=O. The van der Waals surface area contributed by atoms with Crippen molar-refractivity contribution in [3.63, 3.8) is 0 Å². The van der Waals surface area contributed by atoms with Crippen molar-refractivity contribution in [2.75, 3.05) is 19.7 Å². The van der Waals surface area contributed by atoms with E-state index < -0.39 is 30.3 Å². The van der Waals surface area contributed by atoms with Gasteiger partial charge in [0, 0.05) is 19.5 Å². The molecule has 8 heteroatoms. The maximum Gasteiger partial charge on any atom is 0.405 e. The second-order valence-electron chi connectivity index (χ2n) is 8.12. The highest BCUT2D eigenvalue weighted by Gasteiger charge is 2.49. The Labute approximate surface area is 191 Å². The highest BCUT2D eigenvalue weighted by atomic mass is 16.5. The number of ether oxygens (including phenoxy) is 1. The lowest BCUT2D eigenvalue weighted by Gasteiger charge is -2.29. The molecule has 1 saturated heterocycles. The molecular formula is C25H26N2O6. The number of rotatable bonds is 8. The average Bonchev–Trinajstić information content (AvgIpc) is 3.13. The van der Waals surface area contributed by atoms with Gasteiger partial charge in [0.05, 0.1) is 12.7 Å². The number of benzene rings is 3. The summed E-state index contributed by atoms with van der Waals surface area (Å²) in [6.45, 7) is 0.0803. The number of likely N-dealkylation sites (tertiary alicyclic amines) is 1. The summed E-state index contributed by atoms with van der Waals surface area (Å²) < 4.78 is 5.95. The highest BCUT2D eigenvalue weighted by Crippen LogP contribution is 2.35. The summed E-state index contributed by atoms with van der Waals surface area (Å²) >= 11 is 0. The van der Waals surface area contributed by atoms with Crippen LogP contribution in [0.4, 0.5) is 4.79 Å². The number of carbonyl (C=O) groups excluding carboxylic acids is 1. The third-order valence-electron chi connectivity index (χ3n) is 5.99. The fourth-order valence-electron chi connectivity index (χ4n) is 4.32. The lowest BCUT2D eigenvalue weighted by atomic mass is 9.88. The largest absolute Gasteiger partial charge is 0.489 e. The van der Waals surface area contributed by atoms with Crippen molar-refractivity contribution in [3.05, 3.63) is 77.9 Å². The molecule has 3 aromatic rings. The minimum Gasteiger partial charge on any atom is -0.489 e. The summed E-state index contributed by atoms with van der Waals surface area (Å²) in [5.41, 5.74) is 0.0912. The van der Waals surface area contributed by atoms with Gasteiger partial charge in [-0.05, 0) is 34.0 Å². The second kappa shape index (κ2) is 9.48. The first-order valence-electron chi connectivity index (χ1n) is 10.7. The van der Waals surface area contributed by atoms with Crippen molar-refractivity contribution >= 4 is 22.8 Å². The molecule has 0 aliphatic carbocycles. The molecule has 1 aliphatic rings. The number of aliphatic hydroxyl groups excluding tert-OH is 2. The number of hydrogen-bond donors (Lipinski definition) is 4. The van der Waals surface area contributed by atoms with Gasteiger partial charge < -0.3 is 30.3 Å². The summed E-state index contributed by atoms with van der Waals surface area (Å²) in [4.78, 5) is 26.0. The van der Waals surface area contributed by atoms with Gasteiger partial charge in [0.2, 0.25) is 0 Å². The number of aliphatic hydroxyl groups is 2. The number of nitrogens with zero attached hydrogens (tertiary/aromatic N) is 1. The van der Waals surface area contributed by atoms with Gasteiger partial charge in [-0.15, -0.1) is 0 Å². The molecule has 2 unspecified atom stereocenters. The van der Waals surface area contributed by atoms with Crippen LogP contribution in [0.5, 0.6) is 5.75 Å². The number of carboxylic acid groups (broad SMARTS) is 1. The van der Waals surface area contributed by atoms with Crippen LogP contribution in [0.25, 0.3) is 10.8 Å². The van der Waals surface area contributed by atoms with Crippen molar-refractivity contribution < 1.29 is 29.6 Å². The van der Waals surface area contributed by atoms with E-state index in [-0.39, 0.29) is 19.5 Å². The van der Waals surface area contributed by atoms with Crippen molar-refractivity contribution in [1.29, 1.82) is 0 Å². The molecule has 0 bridgehead atoms. The summed E-state index contributed by atoms with van der Waals surface area (Å²) in [5.74, 6) is 0.136. The van der Waals surface area contributed by atoms with E-state index in [2.05, 4.69) is 5.32 Å². The third kappa shape index (κ3) is 4.62. The van der Waals surface area contributed by atoms with Crippen molar-refractivity contribution in [2.45, 2.75) is 24.7 Å². The van der Waals surface area contributed by atoms with E-state index in [0.29, 0.717) is 17.9 Å². The fourth-order valence-corrected chi connectivity index (χ4v) is 4.32. The molecule has 0 radical (unpaired) electrons. The van der Waals surface area contributed by atoms with E-state index in [1.54, 1.807) is 24.3 Å². The van der Waals surface area contributed by atoms with Gasteiger partial charge in [0.1, 0.15) is 17.9 Å². The molecule has 33 heavy (non-hydrogen) atoms. The van der Waals surface area contributed by atoms with Crippen LogP contribution in [0, 0.1) is 0 Å². The predicted molar refractivity (Wildman–Crippen MR) is 122 cm³/mol. The number of carbonyl (C=O) groups is 2. The summed E-state index contributed by atoms with van der Waals surface area (Å²) in [6.07, 6.45) is -2.18. The van der Waals surface area contributed by atoms with Crippen molar-refractivity contribution in [1.82, 2.24) is 10.2 Å². The minimum atomic E-state index is -1.45. The first-order valence-corrected chi connectivity index (χ1v) is 10.7. The molecular weight excluding hydrogens is 424 g/mol. The Hall–Kier alpha value is -3.62. The zero-order valence-electron chi connectivity index (χ0n) is 18.0. The summed E-state index contributed by atoms with van der Waals surface area (Å²) in [5, 5.41) is 32.8. The molecule has 1 aliphatic heterocycles. The van der Waals surface area contributed by atoms with Crippen LogP contribution in [0.1, 0.15) is 17.5 Å². The van der Waals surface area contributed by atoms with Crippen LogP contribution >= 0.6 is 0 Å². The molecule has 0 saturated carbocycles. The average molecular weight is 450 g/mol. The van der Waals surface area contributed by atoms with E-state index in [4.69, 9.17) is 9.84 Å². The van der Waals surface area contributed by atoms with Gasteiger partial charge in [-0.2, -0.15) is 0 Å². The number of β-amino-alcohol motifs (C(OH)–C–C–N with tert-alkyl or cyclic N) is 1. The highest BCUT2D eigenvalue weighted by molar-refractivity contribution is 5.93. The molecule has 4 rings (SSSR count). The van der Waals surface area contributed by atoms with Crippen LogP contribution in [-0.2, 0) is 16.9 Å². The normalized spacial score (nSPS) is 19.0. The smallest absolute Gasteiger partial charge is 0.405 e. The van der Waals surface area contributed by atoms with E-state index in [0.717, 1.165) is 16.3 Å². The maximum atomic E-state index is 13.1. The topological polar surface area (TPSA) is 119 Å². The first-order chi connectivity index (χ1) is 15.9. The van der Waals surface area contributed by atoms with Crippen LogP contribution < -0.4 is 10.1 Å². The van der Waals surface area contributed by atoms with Crippen LogP contribution in [0.15, 0.2) is 66.7 Å². The quantitative estimate of drug-likeness (QED) is 0.419. The molecule has 8 nitrogen and oxygen atoms in total. The number of hydrogen-bond acceptors (Lipinski definition) is 5. The predicted octanol–water partition coefficient (Wildman–Crippen LogP) is 2.47. The summed E-state index contributed by atoms with van der Waals surface area (Å²) in [6, 6.07) is 20.9. The van der Waals surface area contributed by atoms with Gasteiger partial charge >= 0.3 is 6.09 Å². The summed E-state index contributed by atoms with van der Waals surface area (Å²) in [7, 11) is 0. The molecule has 2 amide bonds. The Kier molecular flexibility index (Phi) is 6.48. The van der Waals surface area contributed by atoms with E-state index in [1.807, 2.05) is 42.5 Å². The number of nitrogens with one attached hydrogen (secondary N) is 1. The molecule has 3 aromatic carbocycles. The Morgan fingerprint density at radius 2 is 1.82 bits per heavy atom. The first kappa shape index (κ1) is 22.6. The van der Waals surface area contributed by atoms with E-state index >= 15 is 0 Å². The zero-order valence-corrected chi connectivity index (χ0v) is 18.0. The van der Waals surface area contributed by atoms with Gasteiger partial charge in [-0.25, -0.2) is 4.79 Å². The van der Waals surface area contributed by atoms with E-state index in [9.17, 15) is 19.8 Å². The van der Waals surface area contributed by atoms with Gasteiger partial charge in [0.25, 0.3) is 5.91 Å². The Bertz CT molecular complexity index is 1140. The van der Waals surface area contributed by atoms with Crippen molar-refractivity contribution in [3.8, 4) is 5.75 Å². The van der Waals surface area contributed by atoms with Gasteiger partial charge in [0.15, 0.2) is 0 Å². The third-order valence-corrected chi connectivity index (χ3v) is 5.99. The molecule has 2 atom stereocenters. The lowest BCUT2D eigenvalue weighted by molar-refractivity contribution is -0.134. The number of amides is 2. The minimum absolute atomic E-state index is 0.0649. The van der Waals surface area contributed by atoms with Gasteiger partial charge in [-0.1, -0.05) is 54.6 Å². The Balaban J connectivity index is 1.52.